The van der Waals surface area contributed by atoms with Gasteiger partial charge in [-0.15, -0.1) is 0 Å². The number of hydrogen-bond acceptors (Lipinski definition) is 6. The fourth-order valence-corrected chi connectivity index (χ4v) is 4.32. The molecule has 0 saturated heterocycles. The van der Waals surface area contributed by atoms with Crippen molar-refractivity contribution in [2.75, 3.05) is 33.2 Å². The van der Waals surface area contributed by atoms with E-state index in [9.17, 15) is 14.4 Å². The number of carbonyl (C=O) groups excluding carboxylic acids is 3. The number of allylic oxidation sites excluding steroid dienone is 3. The zero-order valence-electron chi connectivity index (χ0n) is 20.1. The summed E-state index contributed by atoms with van der Waals surface area (Å²) in [6.07, 6.45) is 17.7. The van der Waals surface area contributed by atoms with Gasteiger partial charge in [-0.05, 0) is 60.6 Å². The zero-order chi connectivity index (χ0) is 24.6. The van der Waals surface area contributed by atoms with E-state index in [1.54, 1.807) is 23.2 Å². The quantitative estimate of drug-likeness (QED) is 0.277. The van der Waals surface area contributed by atoms with Crippen molar-refractivity contribution in [1.82, 2.24) is 20.5 Å². The third kappa shape index (κ3) is 6.79. The van der Waals surface area contributed by atoms with E-state index in [-0.39, 0.29) is 11.3 Å². The lowest BCUT2D eigenvalue weighted by Crippen LogP contribution is -2.34. The molecule has 2 N–H and O–H groups in total. The van der Waals surface area contributed by atoms with E-state index < -0.39 is 11.7 Å². The van der Waals surface area contributed by atoms with Gasteiger partial charge in [-0.25, -0.2) is 0 Å². The Labute approximate surface area is 201 Å². The molecule has 0 radical (unpaired) electrons. The number of likely N-dealkylation sites (N-methyl/N-ethyl adjacent to an activating group) is 1. The first-order chi connectivity index (χ1) is 16.3. The molecule has 2 atom stereocenters. The van der Waals surface area contributed by atoms with Crippen molar-refractivity contribution in [3.63, 3.8) is 0 Å². The maximum atomic E-state index is 12.7. The molecular weight excluding hydrogens is 430 g/mol. The number of amides is 2. The number of ketones is 1. The molecule has 0 aromatic carbocycles. The first-order valence-corrected chi connectivity index (χ1v) is 11.9. The third-order valence-electron chi connectivity index (χ3n) is 6.81. The first-order valence-electron chi connectivity index (χ1n) is 11.9. The van der Waals surface area contributed by atoms with Gasteiger partial charge >= 0.3 is 0 Å². The van der Waals surface area contributed by atoms with Gasteiger partial charge in [0.2, 0.25) is 5.78 Å². The maximum Gasteiger partial charge on any atom is 0.291 e. The predicted octanol–water partition coefficient (Wildman–Crippen LogP) is 2.30. The lowest BCUT2D eigenvalue weighted by Gasteiger charge is -2.22. The van der Waals surface area contributed by atoms with Crippen LogP contribution in [-0.4, -0.2) is 66.9 Å². The number of rotatable bonds is 11. The molecule has 2 aliphatic heterocycles. The number of nitrogens with one attached hydrogen (secondary N) is 2. The highest BCUT2D eigenvalue weighted by Gasteiger charge is 2.51. The van der Waals surface area contributed by atoms with Crippen molar-refractivity contribution in [1.29, 1.82) is 0 Å². The van der Waals surface area contributed by atoms with Crippen molar-refractivity contribution in [3.05, 3.63) is 60.5 Å². The highest BCUT2D eigenvalue weighted by atomic mass is 16.2. The van der Waals surface area contributed by atoms with Crippen molar-refractivity contribution in [2.24, 2.45) is 16.4 Å². The maximum absolute atomic E-state index is 12.7. The molecule has 1 fully saturated rings. The molecule has 0 aromatic rings. The van der Waals surface area contributed by atoms with Crippen LogP contribution in [-0.2, 0) is 14.4 Å². The fourth-order valence-electron chi connectivity index (χ4n) is 4.32. The monoisotopic (exact) mass is 465 g/mol. The summed E-state index contributed by atoms with van der Waals surface area (Å²) in [6.45, 7) is 8.51. The molecule has 8 heteroatoms. The summed E-state index contributed by atoms with van der Waals surface area (Å²) in [5, 5.41) is 11.9. The van der Waals surface area contributed by atoms with E-state index in [1.165, 1.54) is 12.3 Å². The minimum absolute atomic E-state index is 0.0848. The normalized spacial score (nSPS) is 24.2. The number of carbonyl (C=O) groups is 3. The highest BCUT2D eigenvalue weighted by molar-refractivity contribution is 6.40. The number of hydrazone groups is 1. The van der Waals surface area contributed by atoms with Crippen molar-refractivity contribution in [3.8, 4) is 0 Å². The third-order valence-corrected chi connectivity index (χ3v) is 6.81. The summed E-state index contributed by atoms with van der Waals surface area (Å²) in [5.74, 6) is -0.903. The van der Waals surface area contributed by atoms with Crippen molar-refractivity contribution < 1.29 is 14.4 Å². The molecule has 182 valence electrons. The molecular formula is C26H35N5O3. The van der Waals surface area contributed by atoms with Crippen LogP contribution in [0.25, 0.3) is 0 Å². The Kier molecular flexibility index (Phi) is 8.62. The van der Waals surface area contributed by atoms with Gasteiger partial charge in [-0.1, -0.05) is 32.1 Å². The summed E-state index contributed by atoms with van der Waals surface area (Å²) >= 11 is 0. The Morgan fingerprint density at radius 3 is 2.88 bits per heavy atom. The zero-order valence-corrected chi connectivity index (χ0v) is 20.1. The second-order valence-electron chi connectivity index (χ2n) is 9.09. The number of nitrogens with zero attached hydrogens (tertiary/aromatic N) is 3. The van der Waals surface area contributed by atoms with E-state index in [0.717, 1.165) is 37.8 Å². The first kappa shape index (κ1) is 25.2. The molecule has 1 aliphatic carbocycles. The minimum atomic E-state index is -0.557. The molecule has 1 saturated carbocycles. The standard InChI is InChI=1S/C26H35N5O3/c1-4-26(10-15-30(3)25(34)20(2)18-29-31-13-6-5-7-14-31)17-22(26)19-28-24(33)23(32)16-21-8-11-27-12-9-21/h5-8,11,13,16,18,22,27H,2,4,9-10,12,14-15,17,19H2,1,3H3,(H,28,33)/b21-16-,29-18-. The molecule has 3 rings (SSSR count). The Bertz CT molecular complexity index is 961. The van der Waals surface area contributed by atoms with Crippen LogP contribution in [0, 0.1) is 11.3 Å². The van der Waals surface area contributed by atoms with Gasteiger partial charge in [-0.2, -0.15) is 5.10 Å². The SMILES string of the molecule is C=C(/C=N\N1C=CC=CC1)C(=O)N(C)CCC1(CC)CC1CNC(=O)C(=O)/C=C1/C=CNCC1. The summed E-state index contributed by atoms with van der Waals surface area (Å²) in [4.78, 5) is 38.7. The van der Waals surface area contributed by atoms with Gasteiger partial charge < -0.3 is 15.5 Å². The van der Waals surface area contributed by atoms with Crippen LogP contribution in [0.3, 0.4) is 0 Å². The second kappa shape index (κ2) is 11.6. The largest absolute Gasteiger partial charge is 0.391 e. The topological polar surface area (TPSA) is 94.1 Å². The van der Waals surface area contributed by atoms with Gasteiger partial charge in [0.05, 0.1) is 18.3 Å². The smallest absolute Gasteiger partial charge is 0.291 e. The lowest BCUT2D eigenvalue weighted by molar-refractivity contribution is -0.135. The molecule has 2 unspecified atom stereocenters. The van der Waals surface area contributed by atoms with Crippen LogP contribution in [0.1, 0.15) is 32.6 Å². The molecule has 2 amide bonds. The van der Waals surface area contributed by atoms with Crippen LogP contribution in [0.15, 0.2) is 65.6 Å². The van der Waals surface area contributed by atoms with Gasteiger partial charge in [0.25, 0.3) is 11.8 Å². The van der Waals surface area contributed by atoms with Crippen LogP contribution in [0.4, 0.5) is 0 Å². The van der Waals surface area contributed by atoms with Crippen LogP contribution in [0.5, 0.6) is 0 Å². The van der Waals surface area contributed by atoms with Gasteiger partial charge in [0, 0.05) is 32.9 Å². The molecule has 34 heavy (non-hydrogen) atoms. The van der Waals surface area contributed by atoms with Crippen LogP contribution < -0.4 is 10.6 Å². The summed E-state index contributed by atoms with van der Waals surface area (Å²) in [7, 11) is 1.77. The summed E-state index contributed by atoms with van der Waals surface area (Å²) < 4.78 is 0. The van der Waals surface area contributed by atoms with Crippen molar-refractivity contribution >= 4 is 23.8 Å². The molecule has 0 bridgehead atoms. The van der Waals surface area contributed by atoms with Crippen LogP contribution in [0.2, 0.25) is 0 Å². The van der Waals surface area contributed by atoms with E-state index in [4.69, 9.17) is 0 Å². The molecule has 0 aromatic heterocycles. The van der Waals surface area contributed by atoms with E-state index in [0.29, 0.717) is 31.1 Å². The summed E-state index contributed by atoms with van der Waals surface area (Å²) in [5.41, 5.74) is 1.28. The van der Waals surface area contributed by atoms with Gasteiger partial charge in [0.1, 0.15) is 0 Å². The Morgan fingerprint density at radius 2 is 2.21 bits per heavy atom. The van der Waals surface area contributed by atoms with Gasteiger partial charge in [-0.3, -0.25) is 19.4 Å². The minimum Gasteiger partial charge on any atom is -0.391 e. The average Bonchev–Trinajstić information content (AvgIpc) is 3.58. The molecule has 3 aliphatic rings. The predicted molar refractivity (Wildman–Crippen MR) is 134 cm³/mol. The second-order valence-corrected chi connectivity index (χ2v) is 9.09. The van der Waals surface area contributed by atoms with Gasteiger partial charge in [0.15, 0.2) is 0 Å². The Morgan fingerprint density at radius 1 is 1.38 bits per heavy atom. The Hall–Kier alpha value is -3.42. The van der Waals surface area contributed by atoms with E-state index >= 15 is 0 Å². The number of hydrogen-bond donors (Lipinski definition) is 2. The van der Waals surface area contributed by atoms with E-state index in [2.05, 4.69) is 29.2 Å². The highest BCUT2D eigenvalue weighted by Crippen LogP contribution is 2.57. The van der Waals surface area contributed by atoms with E-state index in [1.807, 2.05) is 30.5 Å². The lowest BCUT2D eigenvalue weighted by atomic mass is 9.95. The van der Waals surface area contributed by atoms with Crippen LogP contribution >= 0.6 is 0 Å². The van der Waals surface area contributed by atoms with Crippen molar-refractivity contribution in [2.45, 2.75) is 32.6 Å². The fraction of sp³-hybridized carbons (Fsp3) is 0.462. The summed E-state index contributed by atoms with van der Waals surface area (Å²) in [6, 6.07) is 0. The average molecular weight is 466 g/mol. The molecule has 2 heterocycles. The molecule has 8 nitrogen and oxygen atoms in total. The Balaban J connectivity index is 1.41. The molecule has 0 spiro atoms.